The lowest BCUT2D eigenvalue weighted by molar-refractivity contribution is -0.161. The second-order valence-corrected chi connectivity index (χ2v) is 10.2. The van der Waals surface area contributed by atoms with Gasteiger partial charge in [0.25, 0.3) is 5.56 Å². The van der Waals surface area contributed by atoms with Gasteiger partial charge in [0.15, 0.2) is 6.10 Å². The van der Waals surface area contributed by atoms with Gasteiger partial charge in [0.05, 0.1) is 11.3 Å². The number of nitrogens with two attached hydrogens (primary N) is 1. The number of rotatable bonds is 7. The molecule has 2 heterocycles. The van der Waals surface area contributed by atoms with Gasteiger partial charge in [-0.05, 0) is 57.0 Å². The van der Waals surface area contributed by atoms with Crippen molar-refractivity contribution < 1.29 is 19.4 Å². The van der Waals surface area contributed by atoms with Crippen LogP contribution < -0.4 is 11.3 Å². The van der Waals surface area contributed by atoms with Crippen LogP contribution in [0.3, 0.4) is 0 Å². The number of amides is 1. The Hall–Kier alpha value is -4.17. The molecule has 8 heteroatoms. The summed E-state index contributed by atoms with van der Waals surface area (Å²) in [6.07, 6.45) is 0.457. The molecule has 0 bridgehead atoms. The molecule has 2 aromatic carbocycles. The predicted octanol–water partition coefficient (Wildman–Crippen LogP) is 4.40. The zero-order valence-corrected chi connectivity index (χ0v) is 21.6. The molecule has 0 saturated heterocycles. The summed E-state index contributed by atoms with van der Waals surface area (Å²) in [7, 11) is 1.58. The third kappa shape index (κ3) is 5.20. The van der Waals surface area contributed by atoms with Crippen LogP contribution in [0.4, 0.5) is 0 Å². The lowest BCUT2D eigenvalue weighted by Crippen LogP contribution is -2.33. The van der Waals surface area contributed by atoms with E-state index in [9.17, 15) is 19.5 Å². The minimum atomic E-state index is -1.36. The molecule has 1 atom stereocenters. The Balaban J connectivity index is 1.98. The van der Waals surface area contributed by atoms with E-state index in [-0.39, 0.29) is 11.3 Å². The molecule has 1 unspecified atom stereocenters. The van der Waals surface area contributed by atoms with Crippen molar-refractivity contribution in [1.29, 1.82) is 0 Å². The van der Waals surface area contributed by atoms with E-state index < -0.39 is 23.6 Å². The molecule has 0 radical (unpaired) electrons. The fourth-order valence-electron chi connectivity index (χ4n) is 4.50. The van der Waals surface area contributed by atoms with Crippen LogP contribution in [0.1, 0.15) is 54.1 Å². The second-order valence-electron chi connectivity index (χ2n) is 10.2. The van der Waals surface area contributed by atoms with E-state index in [1.165, 1.54) is 4.57 Å². The van der Waals surface area contributed by atoms with Gasteiger partial charge in [0.1, 0.15) is 5.52 Å². The summed E-state index contributed by atoms with van der Waals surface area (Å²) in [6, 6.07) is 16.5. The van der Waals surface area contributed by atoms with Crippen LogP contribution in [0.2, 0.25) is 0 Å². The Morgan fingerprint density at radius 3 is 2.19 bits per heavy atom. The molecule has 4 aromatic rings. The van der Waals surface area contributed by atoms with Crippen molar-refractivity contribution in [2.75, 3.05) is 0 Å². The quantitative estimate of drug-likeness (QED) is 0.389. The Morgan fingerprint density at radius 2 is 1.65 bits per heavy atom. The van der Waals surface area contributed by atoms with Gasteiger partial charge in [0.2, 0.25) is 5.91 Å². The smallest absolute Gasteiger partial charge is 0.339 e. The number of carboxylic acids is 1. The van der Waals surface area contributed by atoms with Crippen molar-refractivity contribution in [3.05, 3.63) is 93.5 Å². The zero-order chi connectivity index (χ0) is 27.1. The highest BCUT2D eigenvalue weighted by Gasteiger charge is 2.33. The molecule has 0 saturated carbocycles. The Labute approximate surface area is 214 Å². The van der Waals surface area contributed by atoms with Crippen LogP contribution in [0.5, 0.6) is 0 Å². The van der Waals surface area contributed by atoms with Crippen molar-refractivity contribution in [3.63, 3.8) is 0 Å². The summed E-state index contributed by atoms with van der Waals surface area (Å²) in [6.45, 7) is 7.70. The number of carboxylic acid groups (broad SMARTS) is 1. The van der Waals surface area contributed by atoms with Crippen molar-refractivity contribution >= 4 is 22.8 Å². The fraction of sp³-hybridized carbons (Fsp3) is 0.276. The van der Waals surface area contributed by atoms with E-state index in [4.69, 9.17) is 10.5 Å². The van der Waals surface area contributed by atoms with Crippen LogP contribution in [0, 0.1) is 6.92 Å². The summed E-state index contributed by atoms with van der Waals surface area (Å²) >= 11 is 0. The summed E-state index contributed by atoms with van der Waals surface area (Å²) in [5, 5.41) is 10.8. The number of carbonyl (C=O) groups excluding carboxylic acids is 1. The third-order valence-electron chi connectivity index (χ3n) is 6.23. The van der Waals surface area contributed by atoms with Crippen molar-refractivity contribution in [2.24, 2.45) is 12.8 Å². The SMILES string of the molecule is Cc1ccc(-c2c(C(OC(C)(C)C)C(=O)O)n(C)c(=O)c3c2ccn3Cc2ccc(C(N)=O)cc2)cc1. The monoisotopic (exact) mass is 501 g/mol. The maximum absolute atomic E-state index is 13.7. The van der Waals surface area contributed by atoms with Crippen molar-refractivity contribution in [2.45, 2.75) is 45.9 Å². The van der Waals surface area contributed by atoms with Gasteiger partial charge >= 0.3 is 5.97 Å². The minimum absolute atomic E-state index is 0.285. The Kier molecular flexibility index (Phi) is 6.80. The van der Waals surface area contributed by atoms with Gasteiger partial charge in [0, 0.05) is 36.3 Å². The maximum atomic E-state index is 13.7. The van der Waals surface area contributed by atoms with Gasteiger partial charge in [-0.15, -0.1) is 0 Å². The van der Waals surface area contributed by atoms with Crippen LogP contribution >= 0.6 is 0 Å². The average molecular weight is 502 g/mol. The number of hydrogen-bond donors (Lipinski definition) is 2. The molecule has 2 aromatic heterocycles. The number of primary amides is 1. The summed E-state index contributed by atoms with van der Waals surface area (Å²) < 4.78 is 9.20. The minimum Gasteiger partial charge on any atom is -0.479 e. The largest absolute Gasteiger partial charge is 0.479 e. The zero-order valence-electron chi connectivity index (χ0n) is 21.6. The number of nitrogens with zero attached hydrogens (tertiary/aromatic N) is 2. The first-order valence-electron chi connectivity index (χ1n) is 12.0. The van der Waals surface area contributed by atoms with Crippen molar-refractivity contribution in [1.82, 2.24) is 9.13 Å². The molecule has 192 valence electrons. The number of pyridine rings is 1. The van der Waals surface area contributed by atoms with E-state index in [1.807, 2.05) is 48.0 Å². The fourth-order valence-corrected chi connectivity index (χ4v) is 4.50. The van der Waals surface area contributed by atoms with E-state index >= 15 is 0 Å². The predicted molar refractivity (Wildman–Crippen MR) is 143 cm³/mol. The lowest BCUT2D eigenvalue weighted by Gasteiger charge is -2.28. The first-order chi connectivity index (χ1) is 17.4. The van der Waals surface area contributed by atoms with E-state index in [0.717, 1.165) is 16.7 Å². The molecule has 8 nitrogen and oxygen atoms in total. The summed E-state index contributed by atoms with van der Waals surface area (Å²) in [4.78, 5) is 37.6. The first-order valence-corrected chi connectivity index (χ1v) is 12.0. The third-order valence-corrected chi connectivity index (χ3v) is 6.23. The number of ether oxygens (including phenoxy) is 1. The number of aromatic nitrogens is 2. The number of carbonyl (C=O) groups is 2. The first kappa shape index (κ1) is 25.9. The molecular weight excluding hydrogens is 470 g/mol. The summed E-state index contributed by atoms with van der Waals surface area (Å²) in [5.41, 5.74) is 8.75. The molecule has 1 amide bonds. The highest BCUT2D eigenvalue weighted by Crippen LogP contribution is 2.37. The standard InChI is InChI=1S/C29H31N3O5/c1-17-6-10-19(11-7-17)22-21-14-15-32(16-18-8-12-20(13-9-18)26(30)33)23(21)27(34)31(5)24(22)25(28(35)36)37-29(2,3)4/h6-15,25H,16H2,1-5H3,(H2,30,33)(H,35,36). The van der Waals surface area contributed by atoms with Crippen molar-refractivity contribution in [3.8, 4) is 11.1 Å². The molecule has 0 spiro atoms. The van der Waals surface area contributed by atoms with Crippen LogP contribution in [0.15, 0.2) is 65.6 Å². The highest BCUT2D eigenvalue weighted by molar-refractivity contribution is 5.98. The van der Waals surface area contributed by atoms with Gasteiger partial charge in [-0.3, -0.25) is 9.59 Å². The Bertz CT molecular complexity index is 1540. The molecule has 3 N–H and O–H groups in total. The van der Waals surface area contributed by atoms with Gasteiger partial charge < -0.3 is 24.7 Å². The molecule has 0 aliphatic heterocycles. The normalized spacial score (nSPS) is 12.6. The van der Waals surface area contributed by atoms with E-state index in [1.54, 1.807) is 52.1 Å². The van der Waals surface area contributed by atoms with Crippen LogP contribution in [-0.4, -0.2) is 31.7 Å². The molecule has 37 heavy (non-hydrogen) atoms. The average Bonchev–Trinajstić information content (AvgIpc) is 3.23. The van der Waals surface area contributed by atoms with Gasteiger partial charge in [-0.2, -0.15) is 0 Å². The number of aryl methyl sites for hydroxylation is 1. The number of fused-ring (bicyclic) bond motifs is 1. The van der Waals surface area contributed by atoms with Gasteiger partial charge in [-0.1, -0.05) is 42.0 Å². The topological polar surface area (TPSA) is 117 Å². The highest BCUT2D eigenvalue weighted by atomic mass is 16.5. The Morgan fingerprint density at radius 1 is 1.03 bits per heavy atom. The van der Waals surface area contributed by atoms with Gasteiger partial charge in [-0.25, -0.2) is 4.79 Å². The van der Waals surface area contributed by atoms with E-state index in [2.05, 4.69) is 0 Å². The molecular formula is C29H31N3O5. The number of aliphatic carboxylic acids is 1. The maximum Gasteiger partial charge on any atom is 0.339 e. The van der Waals surface area contributed by atoms with E-state index in [0.29, 0.717) is 28.6 Å². The number of benzene rings is 2. The molecule has 0 aliphatic carbocycles. The van der Waals surface area contributed by atoms with Crippen LogP contribution in [-0.2, 0) is 23.1 Å². The van der Waals surface area contributed by atoms with Crippen LogP contribution in [0.25, 0.3) is 22.0 Å². The lowest BCUT2D eigenvalue weighted by atomic mass is 9.95. The molecule has 0 aliphatic rings. The molecule has 0 fully saturated rings. The summed E-state index contributed by atoms with van der Waals surface area (Å²) in [5.74, 6) is -1.68. The number of hydrogen-bond acceptors (Lipinski definition) is 4. The molecule has 4 rings (SSSR count). The second kappa shape index (κ2) is 9.71.